The van der Waals surface area contributed by atoms with Crippen LogP contribution in [0.4, 0.5) is 0 Å². The van der Waals surface area contributed by atoms with Crippen LogP contribution in [0, 0.1) is 0 Å². The minimum absolute atomic E-state index is 0.179. The van der Waals surface area contributed by atoms with Gasteiger partial charge in [0.05, 0.1) is 6.21 Å². The zero-order valence-electron chi connectivity index (χ0n) is 10.4. The van der Waals surface area contributed by atoms with Crippen molar-refractivity contribution in [3.05, 3.63) is 29.3 Å². The number of carbonyl (C=O) groups is 1. The van der Waals surface area contributed by atoms with Gasteiger partial charge in [-0.05, 0) is 18.6 Å². The van der Waals surface area contributed by atoms with E-state index in [4.69, 9.17) is 10.8 Å². The van der Waals surface area contributed by atoms with E-state index in [-0.39, 0.29) is 16.9 Å². The second-order valence-electron chi connectivity index (χ2n) is 3.58. The molecule has 4 N–H and O–H groups in total. The predicted octanol–water partition coefficient (Wildman–Crippen LogP) is 1.88. The number of aromatic carboxylic acids is 1. The molecule has 1 rings (SSSR count). The van der Waals surface area contributed by atoms with E-state index in [0.29, 0.717) is 5.17 Å². The molecule has 19 heavy (non-hydrogen) atoms. The molecule has 0 heterocycles. The van der Waals surface area contributed by atoms with Gasteiger partial charge in [0, 0.05) is 11.3 Å². The van der Waals surface area contributed by atoms with Crippen LogP contribution in [0.2, 0.25) is 0 Å². The maximum Gasteiger partial charge on any atom is 0.339 e. The van der Waals surface area contributed by atoms with Gasteiger partial charge in [0.2, 0.25) is 0 Å². The fourth-order valence-corrected chi connectivity index (χ4v) is 1.74. The highest BCUT2D eigenvalue weighted by Gasteiger charge is 2.11. The molecule has 0 amide bonds. The summed E-state index contributed by atoms with van der Waals surface area (Å²) in [6, 6.07) is 4.36. The number of aromatic hydroxyl groups is 1. The number of benzene rings is 1. The quantitative estimate of drug-likeness (QED) is 0.434. The Labute approximate surface area is 115 Å². The Hall–Kier alpha value is -2.02. The van der Waals surface area contributed by atoms with Crippen LogP contribution in [-0.4, -0.2) is 33.3 Å². The molecule has 0 aliphatic rings. The van der Waals surface area contributed by atoms with Gasteiger partial charge in [0.15, 0.2) is 5.17 Å². The first kappa shape index (κ1) is 15.0. The van der Waals surface area contributed by atoms with Gasteiger partial charge in [-0.2, -0.15) is 5.10 Å². The van der Waals surface area contributed by atoms with Crippen molar-refractivity contribution in [2.75, 3.05) is 5.75 Å². The van der Waals surface area contributed by atoms with Gasteiger partial charge in [-0.25, -0.2) is 4.79 Å². The largest absolute Gasteiger partial charge is 0.506 e. The molecule has 0 atom stereocenters. The smallest absolute Gasteiger partial charge is 0.339 e. The molecule has 0 aliphatic carbocycles. The number of para-hydroxylation sites is 1. The minimum atomic E-state index is -1.20. The number of phenols is 1. The molecule has 0 unspecified atom stereocenters. The molecule has 0 radical (unpaired) electrons. The van der Waals surface area contributed by atoms with Crippen LogP contribution < -0.4 is 5.73 Å². The van der Waals surface area contributed by atoms with Crippen LogP contribution in [0.3, 0.4) is 0 Å². The van der Waals surface area contributed by atoms with Gasteiger partial charge in [-0.3, -0.25) is 0 Å². The molecule has 0 saturated heterocycles. The Morgan fingerprint density at radius 3 is 2.89 bits per heavy atom. The third-order valence-corrected chi connectivity index (χ3v) is 3.09. The highest BCUT2D eigenvalue weighted by molar-refractivity contribution is 8.13. The average molecular weight is 281 g/mol. The van der Waals surface area contributed by atoms with E-state index in [1.54, 1.807) is 0 Å². The van der Waals surface area contributed by atoms with Crippen molar-refractivity contribution in [1.82, 2.24) is 0 Å². The minimum Gasteiger partial charge on any atom is -0.506 e. The maximum absolute atomic E-state index is 10.8. The van der Waals surface area contributed by atoms with Crippen LogP contribution in [-0.2, 0) is 0 Å². The first-order valence-corrected chi connectivity index (χ1v) is 6.59. The zero-order valence-corrected chi connectivity index (χ0v) is 11.2. The fraction of sp³-hybridized carbons (Fsp3) is 0.250. The van der Waals surface area contributed by atoms with E-state index < -0.39 is 5.97 Å². The number of carboxylic acids is 1. The zero-order chi connectivity index (χ0) is 14.3. The van der Waals surface area contributed by atoms with Crippen LogP contribution in [0.15, 0.2) is 28.4 Å². The lowest BCUT2D eigenvalue weighted by Crippen LogP contribution is -2.06. The lowest BCUT2D eigenvalue weighted by atomic mass is 10.1. The van der Waals surface area contributed by atoms with E-state index >= 15 is 0 Å². The molecule has 0 aromatic heterocycles. The number of hydrogen-bond acceptors (Lipinski definition) is 5. The molecular formula is C12H15N3O3S. The summed E-state index contributed by atoms with van der Waals surface area (Å²) in [5.41, 5.74) is 5.68. The first-order valence-electron chi connectivity index (χ1n) is 5.60. The van der Waals surface area contributed by atoms with Crippen molar-refractivity contribution in [2.24, 2.45) is 15.9 Å². The van der Waals surface area contributed by atoms with E-state index in [1.165, 1.54) is 36.2 Å². The van der Waals surface area contributed by atoms with Crippen molar-refractivity contribution < 1.29 is 15.0 Å². The molecule has 0 fully saturated rings. The number of carboxylic acid groups (broad SMARTS) is 1. The predicted molar refractivity (Wildman–Crippen MR) is 77.0 cm³/mol. The highest BCUT2D eigenvalue weighted by atomic mass is 32.2. The lowest BCUT2D eigenvalue weighted by molar-refractivity contribution is 0.0693. The molecule has 102 valence electrons. The monoisotopic (exact) mass is 281 g/mol. The van der Waals surface area contributed by atoms with E-state index in [0.717, 1.165) is 12.2 Å². The third-order valence-electron chi connectivity index (χ3n) is 2.10. The van der Waals surface area contributed by atoms with Gasteiger partial charge in [-0.15, -0.1) is 5.10 Å². The number of amidine groups is 1. The molecular weight excluding hydrogens is 266 g/mol. The van der Waals surface area contributed by atoms with E-state index in [2.05, 4.69) is 10.2 Å². The number of nitrogens with zero attached hydrogens (tertiary/aromatic N) is 2. The second kappa shape index (κ2) is 7.42. The summed E-state index contributed by atoms with van der Waals surface area (Å²) >= 11 is 1.38. The number of rotatable bonds is 5. The Bertz CT molecular complexity index is 515. The normalized spacial score (nSPS) is 11.9. The van der Waals surface area contributed by atoms with Crippen LogP contribution in [0.25, 0.3) is 0 Å². The Morgan fingerprint density at radius 2 is 2.26 bits per heavy atom. The summed E-state index contributed by atoms with van der Waals surface area (Å²) in [5, 5.41) is 26.3. The number of hydrogen-bond donors (Lipinski definition) is 3. The molecule has 0 saturated carbocycles. The van der Waals surface area contributed by atoms with Crippen LogP contribution in [0.5, 0.6) is 5.75 Å². The van der Waals surface area contributed by atoms with Crippen LogP contribution >= 0.6 is 11.8 Å². The van der Waals surface area contributed by atoms with Gasteiger partial charge in [0.25, 0.3) is 0 Å². The molecule has 7 heteroatoms. The van der Waals surface area contributed by atoms with Crippen molar-refractivity contribution in [3.8, 4) is 5.75 Å². The van der Waals surface area contributed by atoms with E-state index in [9.17, 15) is 9.90 Å². The standard InChI is InChI=1S/C12H15N3O3S/c1-2-6-19-12(13)15-14-7-8-4-3-5-9(10(8)16)11(17)18/h3-5,7,16H,2,6H2,1H3,(H2,13,15)(H,17,18)/b14-7+. The van der Waals surface area contributed by atoms with E-state index in [1.807, 2.05) is 6.92 Å². The average Bonchev–Trinajstić information content (AvgIpc) is 2.38. The molecule has 0 aliphatic heterocycles. The van der Waals surface area contributed by atoms with Crippen molar-refractivity contribution in [2.45, 2.75) is 13.3 Å². The van der Waals surface area contributed by atoms with Gasteiger partial charge in [0.1, 0.15) is 11.3 Å². The maximum atomic E-state index is 10.8. The Kier molecular flexibility index (Phi) is 5.87. The summed E-state index contributed by atoms with van der Waals surface area (Å²) in [5.74, 6) is -0.687. The van der Waals surface area contributed by atoms with Crippen molar-refractivity contribution >= 4 is 29.1 Å². The second-order valence-corrected chi connectivity index (χ2v) is 4.70. The number of nitrogens with two attached hydrogens (primary N) is 1. The Morgan fingerprint density at radius 1 is 1.53 bits per heavy atom. The molecule has 6 nitrogen and oxygen atoms in total. The lowest BCUT2D eigenvalue weighted by Gasteiger charge is -2.01. The first-order chi connectivity index (χ1) is 9.06. The van der Waals surface area contributed by atoms with Gasteiger partial charge in [-0.1, -0.05) is 24.8 Å². The van der Waals surface area contributed by atoms with Crippen molar-refractivity contribution in [1.29, 1.82) is 0 Å². The molecule has 0 bridgehead atoms. The van der Waals surface area contributed by atoms with Crippen molar-refractivity contribution in [3.63, 3.8) is 0 Å². The van der Waals surface area contributed by atoms with Gasteiger partial charge < -0.3 is 15.9 Å². The Balaban J connectivity index is 2.83. The molecule has 0 spiro atoms. The molecule has 1 aromatic rings. The highest BCUT2D eigenvalue weighted by Crippen LogP contribution is 2.20. The summed E-state index contributed by atoms with van der Waals surface area (Å²) in [6.45, 7) is 2.03. The summed E-state index contributed by atoms with van der Waals surface area (Å²) in [4.78, 5) is 10.8. The summed E-state index contributed by atoms with van der Waals surface area (Å²) in [6.07, 6.45) is 2.24. The van der Waals surface area contributed by atoms with Gasteiger partial charge >= 0.3 is 5.97 Å². The summed E-state index contributed by atoms with van der Waals surface area (Å²) < 4.78 is 0. The topological polar surface area (TPSA) is 108 Å². The fourth-order valence-electron chi connectivity index (χ4n) is 1.22. The summed E-state index contributed by atoms with van der Waals surface area (Å²) in [7, 11) is 0. The van der Waals surface area contributed by atoms with Crippen LogP contribution in [0.1, 0.15) is 29.3 Å². The third kappa shape index (κ3) is 4.63. The molecule has 1 aromatic carbocycles. The SMILES string of the molecule is CCCS/C(N)=N\N=C\c1cccc(C(=O)O)c1O. The number of thioether (sulfide) groups is 1.